The maximum Gasteiger partial charge on any atom is 0.233 e. The molecular formula is C21H26N4O2S. The summed E-state index contributed by atoms with van der Waals surface area (Å²) in [6.07, 6.45) is 2.62. The molecule has 0 aliphatic heterocycles. The van der Waals surface area contributed by atoms with Crippen LogP contribution in [-0.4, -0.2) is 37.4 Å². The van der Waals surface area contributed by atoms with Gasteiger partial charge in [-0.3, -0.25) is 9.36 Å². The number of rotatable bonds is 8. The second kappa shape index (κ2) is 9.10. The highest BCUT2D eigenvalue weighted by atomic mass is 32.2. The summed E-state index contributed by atoms with van der Waals surface area (Å²) in [5.41, 5.74) is 2.27. The molecule has 0 aliphatic carbocycles. The van der Waals surface area contributed by atoms with E-state index < -0.39 is 0 Å². The minimum atomic E-state index is 0.0485. The van der Waals surface area contributed by atoms with Crippen LogP contribution in [0.1, 0.15) is 37.9 Å². The van der Waals surface area contributed by atoms with Crippen molar-refractivity contribution in [2.75, 3.05) is 5.75 Å². The number of benzene rings is 1. The molecule has 0 saturated carbocycles. The Morgan fingerprint density at radius 2 is 2.04 bits per heavy atom. The van der Waals surface area contributed by atoms with E-state index in [1.165, 1.54) is 17.3 Å². The number of aryl methyl sites for hydroxylation is 2. The summed E-state index contributed by atoms with van der Waals surface area (Å²) in [6, 6.07) is 12.1. The first-order valence-corrected chi connectivity index (χ1v) is 10.4. The predicted octanol–water partition coefficient (Wildman–Crippen LogP) is 4.26. The largest absolute Gasteiger partial charge is 0.464 e. The Kier molecular flexibility index (Phi) is 6.57. The lowest BCUT2D eigenvalue weighted by Crippen LogP contribution is -2.37. The van der Waals surface area contributed by atoms with E-state index in [0.717, 1.165) is 23.6 Å². The van der Waals surface area contributed by atoms with Crippen LogP contribution in [0, 0.1) is 6.92 Å². The van der Waals surface area contributed by atoms with E-state index in [0.29, 0.717) is 17.5 Å². The van der Waals surface area contributed by atoms with Crippen LogP contribution in [0.4, 0.5) is 0 Å². The highest BCUT2D eigenvalue weighted by Crippen LogP contribution is 2.23. The van der Waals surface area contributed by atoms with Crippen LogP contribution in [0.5, 0.6) is 0 Å². The zero-order chi connectivity index (χ0) is 20.1. The van der Waals surface area contributed by atoms with E-state index in [2.05, 4.69) is 23.2 Å². The first-order chi connectivity index (χ1) is 13.5. The van der Waals surface area contributed by atoms with E-state index in [1.807, 2.05) is 60.6 Å². The minimum absolute atomic E-state index is 0.0485. The molecule has 6 nitrogen and oxygen atoms in total. The third-order valence-corrected chi connectivity index (χ3v) is 5.47. The van der Waals surface area contributed by atoms with Crippen molar-refractivity contribution in [1.29, 1.82) is 0 Å². The molecule has 0 N–H and O–H groups in total. The molecule has 0 bridgehead atoms. The normalized spacial score (nSPS) is 11.2. The molecule has 0 atom stereocenters. The average molecular weight is 399 g/mol. The van der Waals surface area contributed by atoms with Crippen LogP contribution in [0.15, 0.2) is 52.3 Å². The lowest BCUT2D eigenvalue weighted by molar-refractivity contribution is -0.130. The van der Waals surface area contributed by atoms with Gasteiger partial charge in [-0.2, -0.15) is 0 Å². The lowest BCUT2D eigenvalue weighted by atomic mass is 10.1. The molecule has 28 heavy (non-hydrogen) atoms. The summed E-state index contributed by atoms with van der Waals surface area (Å²) >= 11 is 1.40. The van der Waals surface area contributed by atoms with E-state index in [9.17, 15) is 4.79 Å². The van der Waals surface area contributed by atoms with Gasteiger partial charge in [-0.15, -0.1) is 10.2 Å². The minimum Gasteiger partial charge on any atom is -0.464 e. The third-order valence-electron chi connectivity index (χ3n) is 4.54. The summed E-state index contributed by atoms with van der Waals surface area (Å²) in [5, 5.41) is 8.99. The SMILES string of the molecule is CCc1ccccc1-n1cnnc1SCC(=O)N(Cc1ccc(C)o1)C(C)C. The van der Waals surface area contributed by atoms with Crippen molar-refractivity contribution < 1.29 is 9.21 Å². The van der Waals surface area contributed by atoms with Crippen molar-refractivity contribution in [3.8, 4) is 5.69 Å². The van der Waals surface area contributed by atoms with Crippen molar-refractivity contribution in [3.05, 3.63) is 59.8 Å². The Morgan fingerprint density at radius 1 is 1.25 bits per heavy atom. The molecule has 2 aromatic heterocycles. The summed E-state index contributed by atoms with van der Waals surface area (Å²) < 4.78 is 7.59. The van der Waals surface area contributed by atoms with E-state index in [-0.39, 0.29) is 11.9 Å². The van der Waals surface area contributed by atoms with Gasteiger partial charge < -0.3 is 9.32 Å². The van der Waals surface area contributed by atoms with Crippen LogP contribution in [0.2, 0.25) is 0 Å². The first-order valence-electron chi connectivity index (χ1n) is 9.45. The van der Waals surface area contributed by atoms with Gasteiger partial charge in [0.15, 0.2) is 5.16 Å². The summed E-state index contributed by atoms with van der Waals surface area (Å²) in [7, 11) is 0. The highest BCUT2D eigenvalue weighted by molar-refractivity contribution is 7.99. The van der Waals surface area contributed by atoms with Crippen LogP contribution in [-0.2, 0) is 17.8 Å². The van der Waals surface area contributed by atoms with Crippen molar-refractivity contribution in [2.45, 2.75) is 51.9 Å². The Hall–Kier alpha value is -2.54. The number of carbonyl (C=O) groups is 1. The first kappa shape index (κ1) is 20.2. The molecule has 1 amide bonds. The van der Waals surface area contributed by atoms with Gasteiger partial charge in [0.2, 0.25) is 5.91 Å². The molecule has 1 aromatic carbocycles. The Balaban J connectivity index is 1.71. The summed E-state index contributed by atoms with van der Waals surface area (Å²) in [6.45, 7) is 8.52. The maximum absolute atomic E-state index is 12.9. The van der Waals surface area contributed by atoms with Crippen LogP contribution >= 0.6 is 11.8 Å². The van der Waals surface area contributed by atoms with Gasteiger partial charge in [0, 0.05) is 6.04 Å². The molecule has 0 unspecified atom stereocenters. The molecule has 0 saturated heterocycles. The molecule has 2 heterocycles. The van der Waals surface area contributed by atoms with Crippen molar-refractivity contribution in [2.24, 2.45) is 0 Å². The number of thioether (sulfide) groups is 1. The molecule has 148 valence electrons. The van der Waals surface area contributed by atoms with Crippen molar-refractivity contribution >= 4 is 17.7 Å². The second-order valence-electron chi connectivity index (χ2n) is 6.88. The van der Waals surface area contributed by atoms with Crippen LogP contribution in [0.3, 0.4) is 0 Å². The standard InChI is InChI=1S/C21H26N4O2S/c1-5-17-8-6-7-9-19(17)25-14-22-23-21(25)28-13-20(26)24(15(2)3)12-18-11-10-16(4)27-18/h6-11,14-15H,5,12-13H2,1-4H3. The number of aromatic nitrogens is 3. The second-order valence-corrected chi connectivity index (χ2v) is 7.82. The fraction of sp³-hybridized carbons (Fsp3) is 0.381. The third kappa shape index (κ3) is 4.65. The molecule has 3 aromatic rings. The Morgan fingerprint density at radius 3 is 2.71 bits per heavy atom. The Labute approximate surface area is 169 Å². The fourth-order valence-electron chi connectivity index (χ4n) is 3.04. The van der Waals surface area contributed by atoms with E-state index in [1.54, 1.807) is 6.33 Å². The summed E-state index contributed by atoms with van der Waals surface area (Å²) in [5.74, 6) is 1.99. The highest BCUT2D eigenvalue weighted by Gasteiger charge is 2.20. The van der Waals surface area contributed by atoms with Gasteiger partial charge in [-0.25, -0.2) is 0 Å². The lowest BCUT2D eigenvalue weighted by Gasteiger charge is -2.25. The fourth-order valence-corrected chi connectivity index (χ4v) is 3.85. The molecular weight excluding hydrogens is 372 g/mol. The quantitative estimate of drug-likeness (QED) is 0.531. The zero-order valence-corrected chi connectivity index (χ0v) is 17.6. The van der Waals surface area contributed by atoms with Gasteiger partial charge in [-0.05, 0) is 51.0 Å². The number of hydrogen-bond acceptors (Lipinski definition) is 5. The predicted molar refractivity (Wildman–Crippen MR) is 111 cm³/mol. The van der Waals surface area contributed by atoms with Gasteiger partial charge in [0.05, 0.1) is 18.0 Å². The number of hydrogen-bond donors (Lipinski definition) is 0. The van der Waals surface area contributed by atoms with E-state index in [4.69, 9.17) is 4.42 Å². The number of nitrogens with zero attached hydrogens (tertiary/aromatic N) is 4. The molecule has 0 fully saturated rings. The van der Waals surface area contributed by atoms with Gasteiger partial charge in [0.25, 0.3) is 0 Å². The Bertz CT molecular complexity index is 932. The van der Waals surface area contributed by atoms with Crippen molar-refractivity contribution in [1.82, 2.24) is 19.7 Å². The monoisotopic (exact) mass is 398 g/mol. The topological polar surface area (TPSA) is 64.2 Å². The number of amides is 1. The van der Waals surface area contributed by atoms with Gasteiger partial charge in [-0.1, -0.05) is 36.9 Å². The average Bonchev–Trinajstić information content (AvgIpc) is 3.32. The number of carbonyl (C=O) groups excluding carboxylic acids is 1. The molecule has 3 rings (SSSR count). The van der Waals surface area contributed by atoms with Crippen molar-refractivity contribution in [3.63, 3.8) is 0 Å². The molecule has 7 heteroatoms. The van der Waals surface area contributed by atoms with Crippen LogP contribution in [0.25, 0.3) is 5.69 Å². The number of furan rings is 1. The number of para-hydroxylation sites is 1. The van der Waals surface area contributed by atoms with Gasteiger partial charge in [0.1, 0.15) is 17.8 Å². The van der Waals surface area contributed by atoms with E-state index >= 15 is 0 Å². The maximum atomic E-state index is 12.9. The molecule has 0 radical (unpaired) electrons. The molecule has 0 aliphatic rings. The van der Waals surface area contributed by atoms with Gasteiger partial charge >= 0.3 is 0 Å². The summed E-state index contributed by atoms with van der Waals surface area (Å²) in [4.78, 5) is 14.7. The smallest absolute Gasteiger partial charge is 0.233 e. The van der Waals surface area contributed by atoms with Crippen LogP contribution < -0.4 is 0 Å². The molecule has 0 spiro atoms. The zero-order valence-electron chi connectivity index (χ0n) is 16.8.